The third-order valence-corrected chi connectivity index (χ3v) is 4.38. The number of hydrogen-bond acceptors (Lipinski definition) is 3. The molecule has 0 N–H and O–H groups in total. The van der Waals surface area contributed by atoms with E-state index in [1.807, 2.05) is 59.2 Å². The first-order chi connectivity index (χ1) is 11.2. The number of piperidine rings is 1. The minimum absolute atomic E-state index is 0.0345. The fourth-order valence-electron chi connectivity index (χ4n) is 3.18. The van der Waals surface area contributed by atoms with Crippen molar-refractivity contribution in [1.29, 1.82) is 0 Å². The van der Waals surface area contributed by atoms with Gasteiger partial charge in [-0.3, -0.25) is 9.48 Å². The summed E-state index contributed by atoms with van der Waals surface area (Å²) in [5.41, 5.74) is 2.05. The SMILES string of the molecule is COC(C(=O)N1CCCC(n2cc(C)cn2)C1)c1ccccc1. The summed E-state index contributed by atoms with van der Waals surface area (Å²) in [4.78, 5) is 14.8. The van der Waals surface area contributed by atoms with Crippen LogP contribution in [0.3, 0.4) is 0 Å². The molecule has 1 aliphatic rings. The Kier molecular flexibility index (Phi) is 4.76. The first-order valence-electron chi connectivity index (χ1n) is 8.06. The van der Waals surface area contributed by atoms with Gasteiger partial charge in [-0.25, -0.2) is 0 Å². The Morgan fingerprint density at radius 3 is 2.78 bits per heavy atom. The molecule has 0 spiro atoms. The van der Waals surface area contributed by atoms with Crippen LogP contribution in [0.2, 0.25) is 0 Å². The molecule has 3 rings (SSSR count). The van der Waals surface area contributed by atoms with Crippen LogP contribution < -0.4 is 0 Å². The van der Waals surface area contributed by atoms with Crippen LogP contribution >= 0.6 is 0 Å². The largest absolute Gasteiger partial charge is 0.367 e. The second-order valence-corrected chi connectivity index (χ2v) is 6.10. The Morgan fingerprint density at radius 1 is 1.35 bits per heavy atom. The van der Waals surface area contributed by atoms with Crippen LogP contribution in [0.25, 0.3) is 0 Å². The van der Waals surface area contributed by atoms with E-state index in [9.17, 15) is 4.79 Å². The maximum atomic E-state index is 12.9. The van der Waals surface area contributed by atoms with Crippen molar-refractivity contribution >= 4 is 5.91 Å². The molecule has 0 radical (unpaired) electrons. The van der Waals surface area contributed by atoms with E-state index in [4.69, 9.17) is 4.74 Å². The molecule has 1 saturated heterocycles. The second kappa shape index (κ2) is 6.96. The molecule has 2 heterocycles. The van der Waals surface area contributed by atoms with Gasteiger partial charge < -0.3 is 9.64 Å². The van der Waals surface area contributed by atoms with Gasteiger partial charge in [-0.15, -0.1) is 0 Å². The summed E-state index contributed by atoms with van der Waals surface area (Å²) in [6.07, 6.45) is 5.41. The number of ether oxygens (including phenoxy) is 1. The highest BCUT2D eigenvalue weighted by Crippen LogP contribution is 2.26. The van der Waals surface area contributed by atoms with Crippen LogP contribution in [-0.2, 0) is 9.53 Å². The molecule has 1 aromatic carbocycles. The number of nitrogens with zero attached hydrogens (tertiary/aromatic N) is 3. The van der Waals surface area contributed by atoms with Gasteiger partial charge in [0.1, 0.15) is 0 Å². The summed E-state index contributed by atoms with van der Waals surface area (Å²) in [5.74, 6) is 0.0345. The molecule has 1 fully saturated rings. The lowest BCUT2D eigenvalue weighted by molar-refractivity contribution is -0.144. The second-order valence-electron chi connectivity index (χ2n) is 6.10. The Labute approximate surface area is 136 Å². The van der Waals surface area contributed by atoms with Crippen molar-refractivity contribution < 1.29 is 9.53 Å². The number of hydrogen-bond donors (Lipinski definition) is 0. The molecule has 5 heteroatoms. The van der Waals surface area contributed by atoms with Gasteiger partial charge in [0, 0.05) is 26.4 Å². The number of benzene rings is 1. The fourth-order valence-corrected chi connectivity index (χ4v) is 3.18. The normalized spacial score (nSPS) is 19.6. The van der Waals surface area contributed by atoms with Crippen molar-refractivity contribution in [2.75, 3.05) is 20.2 Å². The summed E-state index contributed by atoms with van der Waals surface area (Å²) in [5, 5.41) is 4.40. The summed E-state index contributed by atoms with van der Waals surface area (Å²) in [6.45, 7) is 3.50. The lowest BCUT2D eigenvalue weighted by Gasteiger charge is -2.34. The van der Waals surface area contributed by atoms with Crippen LogP contribution in [0.1, 0.15) is 36.1 Å². The van der Waals surface area contributed by atoms with Gasteiger partial charge in [-0.2, -0.15) is 5.10 Å². The number of carbonyl (C=O) groups excluding carboxylic acids is 1. The van der Waals surface area contributed by atoms with Crippen molar-refractivity contribution in [3.63, 3.8) is 0 Å². The predicted molar refractivity (Wildman–Crippen MR) is 88.0 cm³/mol. The summed E-state index contributed by atoms with van der Waals surface area (Å²) < 4.78 is 7.47. The van der Waals surface area contributed by atoms with Crippen LogP contribution in [0, 0.1) is 6.92 Å². The minimum atomic E-state index is -0.533. The zero-order chi connectivity index (χ0) is 16.2. The highest BCUT2D eigenvalue weighted by atomic mass is 16.5. The third-order valence-electron chi connectivity index (χ3n) is 4.38. The summed E-state index contributed by atoms with van der Waals surface area (Å²) >= 11 is 0. The van der Waals surface area contributed by atoms with Gasteiger partial charge in [-0.1, -0.05) is 30.3 Å². The molecule has 2 atom stereocenters. The van der Waals surface area contributed by atoms with Crippen molar-refractivity contribution in [3.05, 3.63) is 53.9 Å². The van der Waals surface area contributed by atoms with E-state index in [0.29, 0.717) is 6.54 Å². The number of aryl methyl sites for hydroxylation is 1. The highest BCUT2D eigenvalue weighted by Gasteiger charge is 2.30. The molecular weight excluding hydrogens is 290 g/mol. The highest BCUT2D eigenvalue weighted by molar-refractivity contribution is 5.82. The molecule has 23 heavy (non-hydrogen) atoms. The Bertz CT molecular complexity index is 653. The van der Waals surface area contributed by atoms with Gasteiger partial charge in [0.25, 0.3) is 5.91 Å². The van der Waals surface area contributed by atoms with E-state index in [1.54, 1.807) is 7.11 Å². The van der Waals surface area contributed by atoms with Gasteiger partial charge in [0.15, 0.2) is 6.10 Å². The number of aromatic nitrogens is 2. The molecule has 0 aliphatic carbocycles. The van der Waals surface area contributed by atoms with Crippen molar-refractivity contribution in [2.45, 2.75) is 31.9 Å². The van der Waals surface area contributed by atoms with Crippen LogP contribution in [0.5, 0.6) is 0 Å². The van der Waals surface area contributed by atoms with E-state index in [1.165, 1.54) is 0 Å². The quantitative estimate of drug-likeness (QED) is 0.872. The average molecular weight is 313 g/mol. The zero-order valence-electron chi connectivity index (χ0n) is 13.7. The third kappa shape index (κ3) is 3.45. The molecule has 5 nitrogen and oxygen atoms in total. The smallest absolute Gasteiger partial charge is 0.256 e. The monoisotopic (exact) mass is 313 g/mol. The predicted octanol–water partition coefficient (Wildman–Crippen LogP) is 2.74. The summed E-state index contributed by atoms with van der Waals surface area (Å²) in [6, 6.07) is 9.92. The van der Waals surface area contributed by atoms with Gasteiger partial charge in [0.2, 0.25) is 0 Å². The van der Waals surface area contributed by atoms with Crippen LogP contribution in [0.15, 0.2) is 42.7 Å². The standard InChI is InChI=1S/C18H23N3O2/c1-14-11-19-21(12-14)16-9-6-10-20(13-16)18(22)17(23-2)15-7-4-3-5-8-15/h3-5,7-8,11-12,16-17H,6,9-10,13H2,1-2H3. The van der Waals surface area contributed by atoms with E-state index in [2.05, 4.69) is 5.10 Å². The Morgan fingerprint density at radius 2 is 2.13 bits per heavy atom. The van der Waals surface area contributed by atoms with Crippen LogP contribution in [0.4, 0.5) is 0 Å². The first kappa shape index (κ1) is 15.7. The molecule has 0 bridgehead atoms. The lowest BCUT2D eigenvalue weighted by Crippen LogP contribution is -2.43. The number of carbonyl (C=O) groups is 1. The Balaban J connectivity index is 1.73. The lowest BCUT2D eigenvalue weighted by atomic mass is 10.0. The van der Waals surface area contributed by atoms with Gasteiger partial charge in [-0.05, 0) is 30.9 Å². The first-order valence-corrected chi connectivity index (χ1v) is 8.06. The number of amides is 1. The van der Waals surface area contributed by atoms with E-state index >= 15 is 0 Å². The molecular formula is C18H23N3O2. The molecule has 122 valence electrons. The summed E-state index contributed by atoms with van der Waals surface area (Å²) in [7, 11) is 1.59. The minimum Gasteiger partial charge on any atom is -0.367 e. The average Bonchev–Trinajstić information content (AvgIpc) is 3.03. The maximum Gasteiger partial charge on any atom is 0.256 e. The molecule has 2 unspecified atom stereocenters. The van der Waals surface area contributed by atoms with Crippen LogP contribution in [-0.4, -0.2) is 40.8 Å². The molecule has 2 aromatic rings. The number of likely N-dealkylation sites (tertiary alicyclic amines) is 1. The molecule has 1 aliphatic heterocycles. The fraction of sp³-hybridized carbons (Fsp3) is 0.444. The molecule has 0 saturated carbocycles. The topological polar surface area (TPSA) is 47.4 Å². The number of rotatable bonds is 4. The van der Waals surface area contributed by atoms with E-state index < -0.39 is 6.10 Å². The van der Waals surface area contributed by atoms with E-state index in [-0.39, 0.29) is 11.9 Å². The van der Waals surface area contributed by atoms with E-state index in [0.717, 1.165) is 30.5 Å². The van der Waals surface area contributed by atoms with Crippen molar-refractivity contribution in [3.8, 4) is 0 Å². The van der Waals surface area contributed by atoms with Crippen molar-refractivity contribution in [2.24, 2.45) is 0 Å². The van der Waals surface area contributed by atoms with Gasteiger partial charge >= 0.3 is 0 Å². The van der Waals surface area contributed by atoms with Crippen molar-refractivity contribution in [1.82, 2.24) is 14.7 Å². The number of methoxy groups -OCH3 is 1. The zero-order valence-corrected chi connectivity index (χ0v) is 13.7. The van der Waals surface area contributed by atoms with Gasteiger partial charge in [0.05, 0.1) is 12.2 Å². The molecule has 1 amide bonds. The molecule has 1 aromatic heterocycles. The maximum absolute atomic E-state index is 12.9. The Hall–Kier alpha value is -2.14.